The zero-order valence-corrected chi connectivity index (χ0v) is 35.2. The molecule has 3 heteroatoms. The first-order valence-corrected chi connectivity index (χ1v) is 22.1. The lowest BCUT2D eigenvalue weighted by Crippen LogP contribution is -2.23. The highest BCUT2D eigenvalue weighted by Crippen LogP contribution is 2.53. The van der Waals surface area contributed by atoms with Crippen molar-refractivity contribution >= 4 is 39.6 Å². The summed E-state index contributed by atoms with van der Waals surface area (Å²) in [5, 5.41) is 4.84. The molecule has 12 rings (SSSR count). The van der Waals surface area contributed by atoms with E-state index in [2.05, 4.69) is 240 Å². The molecular formula is C60H45N3. The summed E-state index contributed by atoms with van der Waals surface area (Å²) in [6.07, 6.45) is 10.1. The zero-order valence-electron chi connectivity index (χ0n) is 35.2. The van der Waals surface area contributed by atoms with Crippen LogP contribution in [0.3, 0.4) is 0 Å². The number of allylic oxidation sites excluding steroid dienone is 4. The lowest BCUT2D eigenvalue weighted by Gasteiger charge is -2.34. The van der Waals surface area contributed by atoms with Gasteiger partial charge < -0.3 is 14.8 Å². The molecule has 0 fully saturated rings. The van der Waals surface area contributed by atoms with Gasteiger partial charge in [0.05, 0.1) is 22.6 Å². The molecule has 1 N–H and O–H groups in total. The number of fused-ring (bicyclic) bond motifs is 7. The van der Waals surface area contributed by atoms with Gasteiger partial charge in [0.2, 0.25) is 0 Å². The van der Waals surface area contributed by atoms with Crippen LogP contribution in [0.5, 0.6) is 0 Å². The SMILES string of the molecule is CC1CC=CC2=C1N(c1ccc(-c3ccc(-c4cccc5c4NCC=C5)cc3)cc1)c1ccccc1-c1c2c2ccccc2n1-c1ccc(-c2ccccc2)cc1-c1ccccc1. The maximum Gasteiger partial charge on any atom is 0.0641 e. The Balaban J connectivity index is 1.02. The second-order valence-electron chi connectivity index (χ2n) is 16.9. The van der Waals surface area contributed by atoms with Crippen molar-refractivity contribution in [1.82, 2.24) is 4.57 Å². The standard InChI is InChI=1S/C60H45N3/c1-40-15-12-25-52-57-50-22-8-10-26-54(50)63(56-37-34-47(41-16-4-2-5-17-41)39-53(56)44-18-6-3-7-19-44)60(57)51-23-9-11-27-55(51)62(59(40)52)48-35-32-43(33-36-48)42-28-30-45(31-29-42)49-24-13-20-46-21-14-38-61-58(46)49/h2-14,16-37,39-40,61H,15,38H2,1H3. The summed E-state index contributed by atoms with van der Waals surface area (Å²) >= 11 is 0. The summed E-state index contributed by atoms with van der Waals surface area (Å²) in [4.78, 5) is 2.56. The molecule has 1 atom stereocenters. The Morgan fingerprint density at radius 3 is 1.94 bits per heavy atom. The third-order valence-electron chi connectivity index (χ3n) is 13.2. The molecule has 0 radical (unpaired) electrons. The molecule has 0 saturated heterocycles. The van der Waals surface area contributed by atoms with Crippen LogP contribution in [0.2, 0.25) is 0 Å². The van der Waals surface area contributed by atoms with Gasteiger partial charge in [-0.25, -0.2) is 0 Å². The Bertz CT molecular complexity index is 3290. The van der Waals surface area contributed by atoms with E-state index in [1.165, 1.54) is 100 Å². The first-order valence-electron chi connectivity index (χ1n) is 22.1. The number of nitrogens with zero attached hydrogens (tertiary/aromatic N) is 2. The molecule has 3 aliphatic rings. The first kappa shape index (κ1) is 36.9. The van der Waals surface area contributed by atoms with Crippen molar-refractivity contribution < 1.29 is 0 Å². The minimum atomic E-state index is 0.289. The van der Waals surface area contributed by atoms with Crippen LogP contribution in [0, 0.1) is 5.92 Å². The van der Waals surface area contributed by atoms with Crippen molar-refractivity contribution in [2.75, 3.05) is 16.8 Å². The molecule has 3 nitrogen and oxygen atoms in total. The van der Waals surface area contributed by atoms with E-state index in [1.54, 1.807) is 0 Å². The van der Waals surface area contributed by atoms with E-state index >= 15 is 0 Å². The molecule has 9 aromatic rings. The van der Waals surface area contributed by atoms with Gasteiger partial charge in [-0.05, 0) is 81.8 Å². The molecule has 2 aliphatic heterocycles. The molecule has 0 spiro atoms. The minimum Gasteiger partial charge on any atom is -0.381 e. The molecule has 8 aromatic carbocycles. The minimum absolute atomic E-state index is 0.289. The van der Waals surface area contributed by atoms with Crippen LogP contribution >= 0.6 is 0 Å². The van der Waals surface area contributed by atoms with E-state index in [1.807, 2.05) is 0 Å². The van der Waals surface area contributed by atoms with Gasteiger partial charge in [0.15, 0.2) is 0 Å². The largest absolute Gasteiger partial charge is 0.381 e. The van der Waals surface area contributed by atoms with E-state index in [-0.39, 0.29) is 5.92 Å². The van der Waals surface area contributed by atoms with Crippen LogP contribution in [-0.4, -0.2) is 11.1 Å². The second-order valence-corrected chi connectivity index (χ2v) is 16.9. The Morgan fingerprint density at radius 1 is 0.492 bits per heavy atom. The van der Waals surface area contributed by atoms with Gasteiger partial charge in [-0.1, -0.05) is 189 Å². The highest BCUT2D eigenvalue weighted by atomic mass is 15.2. The van der Waals surface area contributed by atoms with Gasteiger partial charge in [0.1, 0.15) is 0 Å². The number of aromatic nitrogens is 1. The van der Waals surface area contributed by atoms with Crippen molar-refractivity contribution in [3.05, 3.63) is 229 Å². The van der Waals surface area contributed by atoms with Crippen LogP contribution in [0.4, 0.5) is 17.1 Å². The van der Waals surface area contributed by atoms with Crippen LogP contribution in [0.1, 0.15) is 24.5 Å². The maximum absolute atomic E-state index is 3.59. The topological polar surface area (TPSA) is 20.2 Å². The van der Waals surface area contributed by atoms with Crippen LogP contribution in [-0.2, 0) is 0 Å². The molecule has 1 aliphatic carbocycles. The highest BCUT2D eigenvalue weighted by Gasteiger charge is 2.35. The van der Waals surface area contributed by atoms with Crippen molar-refractivity contribution in [3.63, 3.8) is 0 Å². The Kier molecular flexibility index (Phi) is 8.93. The monoisotopic (exact) mass is 807 g/mol. The predicted molar refractivity (Wildman–Crippen MR) is 266 cm³/mol. The van der Waals surface area contributed by atoms with Gasteiger partial charge in [-0.15, -0.1) is 0 Å². The molecule has 1 aromatic heterocycles. The average molecular weight is 808 g/mol. The smallest absolute Gasteiger partial charge is 0.0641 e. The van der Waals surface area contributed by atoms with Crippen LogP contribution in [0.25, 0.3) is 84.0 Å². The van der Waals surface area contributed by atoms with Crippen molar-refractivity contribution in [2.24, 2.45) is 5.92 Å². The molecule has 63 heavy (non-hydrogen) atoms. The molecule has 300 valence electrons. The Hall–Kier alpha value is -7.88. The van der Waals surface area contributed by atoms with Crippen LogP contribution in [0.15, 0.2) is 218 Å². The van der Waals surface area contributed by atoms with Crippen molar-refractivity contribution in [1.29, 1.82) is 0 Å². The lowest BCUT2D eigenvalue weighted by molar-refractivity contribution is 0.675. The van der Waals surface area contributed by atoms with Crippen molar-refractivity contribution in [2.45, 2.75) is 13.3 Å². The predicted octanol–water partition coefficient (Wildman–Crippen LogP) is 15.9. The summed E-state index contributed by atoms with van der Waals surface area (Å²) in [5.41, 5.74) is 23.1. The normalized spacial score (nSPS) is 15.0. The highest BCUT2D eigenvalue weighted by molar-refractivity contribution is 6.10. The second kappa shape index (κ2) is 15.2. The summed E-state index contributed by atoms with van der Waals surface area (Å²) in [5.74, 6) is 0.289. The summed E-state index contributed by atoms with van der Waals surface area (Å²) < 4.78 is 2.55. The van der Waals surface area contributed by atoms with Gasteiger partial charge in [0, 0.05) is 62.7 Å². The molecular weight excluding hydrogens is 763 g/mol. The number of hydrogen-bond acceptors (Lipinski definition) is 2. The van der Waals surface area contributed by atoms with Gasteiger partial charge >= 0.3 is 0 Å². The third kappa shape index (κ3) is 6.19. The van der Waals surface area contributed by atoms with E-state index in [4.69, 9.17) is 0 Å². The fraction of sp³-hybridized carbons (Fsp3) is 0.0667. The fourth-order valence-electron chi connectivity index (χ4n) is 10.2. The number of nitrogens with one attached hydrogen (secondary N) is 1. The number of rotatable bonds is 6. The van der Waals surface area contributed by atoms with Gasteiger partial charge in [0.25, 0.3) is 0 Å². The fourth-order valence-corrected chi connectivity index (χ4v) is 10.2. The summed E-state index contributed by atoms with van der Waals surface area (Å²) in [6, 6.07) is 71.4. The zero-order chi connectivity index (χ0) is 41.9. The third-order valence-corrected chi connectivity index (χ3v) is 13.2. The van der Waals surface area contributed by atoms with E-state index in [0.29, 0.717) is 0 Å². The molecule has 1 unspecified atom stereocenters. The number of para-hydroxylation sites is 3. The number of hydrogen-bond donors (Lipinski definition) is 1. The Morgan fingerprint density at radius 2 is 1.13 bits per heavy atom. The molecule has 3 heterocycles. The summed E-state index contributed by atoms with van der Waals surface area (Å²) in [6.45, 7) is 3.24. The molecule has 0 amide bonds. The Labute approximate surface area is 369 Å². The maximum atomic E-state index is 3.59. The lowest BCUT2D eigenvalue weighted by atomic mass is 9.88. The number of benzene rings is 8. The van der Waals surface area contributed by atoms with Crippen LogP contribution < -0.4 is 10.2 Å². The first-order chi connectivity index (χ1) is 31.2. The quantitative estimate of drug-likeness (QED) is 0.181. The molecule has 0 saturated carbocycles. The van der Waals surface area contributed by atoms with Gasteiger partial charge in [-0.3, -0.25) is 0 Å². The number of anilines is 3. The molecule has 0 bridgehead atoms. The van der Waals surface area contributed by atoms with E-state index < -0.39 is 0 Å². The van der Waals surface area contributed by atoms with E-state index in [0.717, 1.165) is 24.3 Å². The summed E-state index contributed by atoms with van der Waals surface area (Å²) in [7, 11) is 0. The van der Waals surface area contributed by atoms with Crippen molar-refractivity contribution in [3.8, 4) is 61.5 Å². The average Bonchev–Trinajstić information content (AvgIpc) is 3.63. The van der Waals surface area contributed by atoms with E-state index in [9.17, 15) is 0 Å². The van der Waals surface area contributed by atoms with Gasteiger partial charge in [-0.2, -0.15) is 0 Å².